The van der Waals surface area contributed by atoms with Crippen LogP contribution < -0.4 is 5.32 Å². The maximum Gasteiger partial charge on any atom is 0.306 e. The molecule has 1 aromatic heterocycles. The minimum absolute atomic E-state index is 0.00555. The molecule has 3 aliphatic rings. The summed E-state index contributed by atoms with van der Waals surface area (Å²) in [6, 6.07) is 15.5. The van der Waals surface area contributed by atoms with Gasteiger partial charge in [0.1, 0.15) is 11.9 Å². The number of ether oxygens (including phenoxy) is 1. The highest BCUT2D eigenvalue weighted by atomic mass is 16.5. The Kier molecular flexibility index (Phi) is 12.8. The second-order valence-electron chi connectivity index (χ2n) is 16.5. The van der Waals surface area contributed by atoms with Crippen LogP contribution in [-0.4, -0.2) is 80.4 Å². The van der Waals surface area contributed by atoms with Crippen LogP contribution in [-0.2, 0) is 23.9 Å². The van der Waals surface area contributed by atoms with E-state index in [1.54, 1.807) is 0 Å². The van der Waals surface area contributed by atoms with Gasteiger partial charge in [-0.3, -0.25) is 24.2 Å². The number of allylic oxidation sites excluding steroid dienone is 1. The lowest BCUT2D eigenvalue weighted by Crippen LogP contribution is -2.52. The number of imidazole rings is 1. The van der Waals surface area contributed by atoms with Gasteiger partial charge in [-0.1, -0.05) is 63.8 Å². The number of aliphatic imine (C=N–C) groups is 1. The molecule has 57 heavy (non-hydrogen) atoms. The average Bonchev–Trinajstić information content (AvgIpc) is 4.01. The monoisotopic (exact) mass is 772 g/mol. The Morgan fingerprint density at radius 3 is 1.96 bits per heavy atom. The number of hydrogen-bond acceptors (Lipinski definition) is 7. The molecule has 0 radical (unpaired) electrons. The number of H-pyrrole nitrogens is 1. The van der Waals surface area contributed by atoms with E-state index in [9.17, 15) is 19.2 Å². The average molecular weight is 773 g/mol. The topological polar surface area (TPSA) is 137 Å². The van der Waals surface area contributed by atoms with Gasteiger partial charge in [-0.15, -0.1) is 0 Å². The Morgan fingerprint density at radius 1 is 0.825 bits per heavy atom. The predicted molar refractivity (Wildman–Crippen MR) is 221 cm³/mol. The number of likely N-dealkylation sites (tertiary alicyclic amines) is 2. The molecule has 0 spiro atoms. The number of rotatable bonds is 11. The lowest BCUT2D eigenvalue weighted by Gasteiger charge is -2.33. The van der Waals surface area contributed by atoms with E-state index in [0.717, 1.165) is 70.7 Å². The van der Waals surface area contributed by atoms with E-state index >= 15 is 0 Å². The summed E-state index contributed by atoms with van der Waals surface area (Å²) in [4.78, 5) is 68.3. The zero-order valence-electron chi connectivity index (χ0n) is 34.5. The molecule has 0 bridgehead atoms. The Labute approximate surface area is 336 Å². The molecule has 6 rings (SSSR count). The van der Waals surface area contributed by atoms with Crippen LogP contribution in [0, 0.1) is 29.6 Å². The van der Waals surface area contributed by atoms with Crippen LogP contribution >= 0.6 is 0 Å². The van der Waals surface area contributed by atoms with Gasteiger partial charge in [0.25, 0.3) is 0 Å². The Hall–Kier alpha value is -5.50. The van der Waals surface area contributed by atoms with Crippen LogP contribution in [0.3, 0.4) is 0 Å². The Bertz CT molecular complexity index is 2090. The standard InChI is InChI=1S/C46H56N6O5/c1-27(2)37(24-42(54)57-8)45(55)51-29(5)9-21-40(51)38-23-36(25-47-38)34-17-13-32(14-18-34)11-12-33-15-19-35(20-16-33)39-26-48-44(50-39)41-22-10-30(6)52(41)46(56)43(28(3)4)49-31(7)53/h13-20,25-30,37,40-41,43H,9-10,21-24H2,1-8H3,(H,48,50)(H,49,53)/t29-,30-,37+,40+,41+,43+/m1/s1. The van der Waals surface area contributed by atoms with Crippen molar-refractivity contribution in [3.8, 4) is 23.1 Å². The maximum atomic E-state index is 13.8. The lowest BCUT2D eigenvalue weighted by atomic mass is 9.90. The van der Waals surface area contributed by atoms with E-state index in [-0.39, 0.29) is 66.1 Å². The Morgan fingerprint density at radius 2 is 1.40 bits per heavy atom. The summed E-state index contributed by atoms with van der Waals surface area (Å²) in [5.74, 6) is 6.21. The summed E-state index contributed by atoms with van der Waals surface area (Å²) in [5, 5.41) is 2.85. The van der Waals surface area contributed by atoms with Gasteiger partial charge in [-0.2, -0.15) is 0 Å². The SMILES string of the molecule is COC(=O)C[C@H](C(=O)N1[C@H](C)CC[C@H]1C1=NC=C(c2ccc(C#Cc3ccc(-c4cnc([C@@H]5CC[C@@H](C)N5C(=O)[C@@H](NC(C)=O)C(C)C)[nH]4)cc3)cc2)C1)C(C)C. The van der Waals surface area contributed by atoms with E-state index in [0.29, 0.717) is 6.42 Å². The van der Waals surface area contributed by atoms with Gasteiger partial charge in [-0.05, 0) is 92.3 Å². The normalized spacial score (nSPS) is 21.5. The largest absolute Gasteiger partial charge is 0.469 e. The molecule has 0 aliphatic carbocycles. The van der Waals surface area contributed by atoms with E-state index in [4.69, 9.17) is 14.7 Å². The maximum absolute atomic E-state index is 13.8. The first-order valence-corrected chi connectivity index (χ1v) is 20.3. The number of esters is 1. The van der Waals surface area contributed by atoms with Crippen LogP contribution in [0.4, 0.5) is 0 Å². The summed E-state index contributed by atoms with van der Waals surface area (Å²) in [6.45, 7) is 13.4. The molecular formula is C46H56N6O5. The molecule has 2 saturated heterocycles. The van der Waals surface area contributed by atoms with Gasteiger partial charge in [-0.25, -0.2) is 4.98 Å². The lowest BCUT2D eigenvalue weighted by molar-refractivity contribution is -0.148. The van der Waals surface area contributed by atoms with Gasteiger partial charge < -0.3 is 24.8 Å². The minimum Gasteiger partial charge on any atom is -0.469 e. The number of aromatic nitrogens is 2. The van der Waals surface area contributed by atoms with E-state index in [1.807, 2.05) is 86.3 Å². The number of aromatic amines is 1. The van der Waals surface area contributed by atoms with Crippen molar-refractivity contribution >= 4 is 35.0 Å². The van der Waals surface area contributed by atoms with Crippen molar-refractivity contribution < 1.29 is 23.9 Å². The summed E-state index contributed by atoms with van der Waals surface area (Å²) < 4.78 is 4.90. The van der Waals surface area contributed by atoms with Crippen molar-refractivity contribution in [3.05, 3.63) is 83.4 Å². The summed E-state index contributed by atoms with van der Waals surface area (Å²) >= 11 is 0. The third-order valence-electron chi connectivity index (χ3n) is 11.7. The Balaban J connectivity index is 1.06. The fourth-order valence-corrected chi connectivity index (χ4v) is 8.39. The summed E-state index contributed by atoms with van der Waals surface area (Å²) in [7, 11) is 1.36. The molecule has 3 amide bonds. The number of methoxy groups -OCH3 is 1. The van der Waals surface area contributed by atoms with Crippen LogP contribution in [0.25, 0.3) is 16.8 Å². The van der Waals surface area contributed by atoms with Gasteiger partial charge >= 0.3 is 5.97 Å². The summed E-state index contributed by atoms with van der Waals surface area (Å²) in [6.07, 6.45) is 7.90. The molecule has 11 nitrogen and oxygen atoms in total. The highest BCUT2D eigenvalue weighted by Crippen LogP contribution is 2.37. The van der Waals surface area contributed by atoms with Crippen molar-refractivity contribution in [1.82, 2.24) is 25.1 Å². The van der Waals surface area contributed by atoms with Crippen LogP contribution in [0.2, 0.25) is 0 Å². The van der Waals surface area contributed by atoms with E-state index in [2.05, 4.69) is 48.1 Å². The van der Waals surface area contributed by atoms with E-state index < -0.39 is 12.0 Å². The number of amides is 3. The van der Waals surface area contributed by atoms with E-state index in [1.165, 1.54) is 14.0 Å². The molecule has 2 aromatic carbocycles. The quantitative estimate of drug-likeness (QED) is 0.158. The first kappa shape index (κ1) is 41.1. The first-order chi connectivity index (χ1) is 27.2. The number of carbonyl (C=O) groups is 4. The third kappa shape index (κ3) is 9.22. The van der Waals surface area contributed by atoms with Crippen molar-refractivity contribution in [2.75, 3.05) is 7.11 Å². The van der Waals surface area contributed by atoms with Gasteiger partial charge in [0.15, 0.2) is 0 Å². The molecule has 11 heteroatoms. The van der Waals surface area contributed by atoms with Crippen molar-refractivity contribution in [1.29, 1.82) is 0 Å². The van der Waals surface area contributed by atoms with Crippen molar-refractivity contribution in [2.45, 2.75) is 117 Å². The fraction of sp³-hybridized carbons (Fsp3) is 0.478. The first-order valence-electron chi connectivity index (χ1n) is 20.3. The van der Waals surface area contributed by atoms with Crippen molar-refractivity contribution in [3.63, 3.8) is 0 Å². The van der Waals surface area contributed by atoms with Crippen LogP contribution in [0.1, 0.15) is 116 Å². The number of benzene rings is 2. The number of nitrogens with one attached hydrogen (secondary N) is 2. The second kappa shape index (κ2) is 17.7. The molecule has 4 heterocycles. The molecule has 3 aromatic rings. The van der Waals surface area contributed by atoms with Gasteiger partial charge in [0, 0.05) is 48.5 Å². The molecular weight excluding hydrogens is 717 g/mol. The molecule has 0 unspecified atom stereocenters. The molecule has 0 saturated carbocycles. The smallest absolute Gasteiger partial charge is 0.306 e. The highest BCUT2D eigenvalue weighted by molar-refractivity contribution is 6.03. The molecule has 3 aliphatic heterocycles. The molecule has 6 atom stereocenters. The molecule has 2 N–H and O–H groups in total. The third-order valence-corrected chi connectivity index (χ3v) is 11.7. The second-order valence-corrected chi connectivity index (χ2v) is 16.5. The zero-order valence-corrected chi connectivity index (χ0v) is 34.5. The number of carbonyl (C=O) groups excluding carboxylic acids is 4. The van der Waals surface area contributed by atoms with Crippen LogP contribution in [0.15, 0.2) is 65.9 Å². The zero-order chi connectivity index (χ0) is 41.0. The molecule has 2 fully saturated rings. The summed E-state index contributed by atoms with van der Waals surface area (Å²) in [5.41, 5.74) is 6.79. The number of hydrogen-bond donors (Lipinski definition) is 2. The van der Waals surface area contributed by atoms with Crippen molar-refractivity contribution in [2.24, 2.45) is 22.7 Å². The number of nitrogens with zero attached hydrogens (tertiary/aromatic N) is 4. The van der Waals surface area contributed by atoms with Gasteiger partial charge in [0.2, 0.25) is 17.7 Å². The fourth-order valence-electron chi connectivity index (χ4n) is 8.39. The van der Waals surface area contributed by atoms with Crippen LogP contribution in [0.5, 0.6) is 0 Å². The highest BCUT2D eigenvalue weighted by Gasteiger charge is 2.43. The minimum atomic E-state index is -0.582. The molecule has 300 valence electrons. The predicted octanol–water partition coefficient (Wildman–Crippen LogP) is 7.09. The van der Waals surface area contributed by atoms with Gasteiger partial charge in [0.05, 0.1) is 43.4 Å².